The van der Waals surface area contributed by atoms with Crippen molar-refractivity contribution in [2.24, 2.45) is 0 Å². The van der Waals surface area contributed by atoms with E-state index in [-0.39, 0.29) is 12.8 Å². The summed E-state index contributed by atoms with van der Waals surface area (Å²) < 4.78 is 10.6. The molecular formula is C19H19N3O3. The maximum absolute atomic E-state index is 12.0. The van der Waals surface area contributed by atoms with Crippen molar-refractivity contribution in [1.82, 2.24) is 15.6 Å². The SMILES string of the molecule is O=C(NCCc1c[nH]c2ccccc12)NCc1ccc2c(c1)OCO2. The Balaban J connectivity index is 1.25. The molecule has 3 aromatic rings. The lowest BCUT2D eigenvalue weighted by Gasteiger charge is -2.08. The van der Waals surface area contributed by atoms with Gasteiger partial charge in [0.1, 0.15) is 0 Å². The van der Waals surface area contributed by atoms with E-state index in [1.807, 2.05) is 42.6 Å². The monoisotopic (exact) mass is 337 g/mol. The van der Waals surface area contributed by atoms with Crippen LogP contribution in [-0.4, -0.2) is 24.4 Å². The molecule has 0 unspecified atom stereocenters. The topological polar surface area (TPSA) is 75.4 Å². The van der Waals surface area contributed by atoms with Crippen molar-refractivity contribution < 1.29 is 14.3 Å². The van der Waals surface area contributed by atoms with E-state index in [1.54, 1.807) is 0 Å². The number of carbonyl (C=O) groups excluding carboxylic acids is 1. The molecular weight excluding hydrogens is 318 g/mol. The van der Waals surface area contributed by atoms with Crippen molar-refractivity contribution >= 4 is 16.9 Å². The van der Waals surface area contributed by atoms with Crippen molar-refractivity contribution in [2.75, 3.05) is 13.3 Å². The van der Waals surface area contributed by atoms with Gasteiger partial charge >= 0.3 is 6.03 Å². The zero-order chi connectivity index (χ0) is 17.1. The second-order valence-electron chi connectivity index (χ2n) is 5.91. The summed E-state index contributed by atoms with van der Waals surface area (Å²) in [6, 6.07) is 13.6. The summed E-state index contributed by atoms with van der Waals surface area (Å²) in [5.74, 6) is 1.46. The van der Waals surface area contributed by atoms with Crippen molar-refractivity contribution in [3.8, 4) is 11.5 Å². The van der Waals surface area contributed by atoms with Crippen molar-refractivity contribution in [2.45, 2.75) is 13.0 Å². The number of H-pyrrole nitrogens is 1. The zero-order valence-corrected chi connectivity index (χ0v) is 13.7. The van der Waals surface area contributed by atoms with Gasteiger partial charge in [0.05, 0.1) is 0 Å². The first kappa shape index (κ1) is 15.4. The van der Waals surface area contributed by atoms with Crippen LogP contribution in [0.25, 0.3) is 10.9 Å². The first-order valence-electron chi connectivity index (χ1n) is 8.25. The van der Waals surface area contributed by atoms with E-state index in [2.05, 4.69) is 21.7 Å². The molecule has 0 spiro atoms. The number of urea groups is 1. The molecule has 0 fully saturated rings. The summed E-state index contributed by atoms with van der Waals surface area (Å²) in [5, 5.41) is 6.94. The number of amides is 2. The highest BCUT2D eigenvalue weighted by molar-refractivity contribution is 5.83. The Bertz CT molecular complexity index is 904. The van der Waals surface area contributed by atoms with E-state index in [1.165, 1.54) is 10.9 Å². The first-order chi connectivity index (χ1) is 12.3. The van der Waals surface area contributed by atoms with Crippen LogP contribution in [0.1, 0.15) is 11.1 Å². The molecule has 2 amide bonds. The third-order valence-electron chi connectivity index (χ3n) is 4.24. The fourth-order valence-electron chi connectivity index (χ4n) is 2.94. The van der Waals surface area contributed by atoms with Crippen LogP contribution in [-0.2, 0) is 13.0 Å². The van der Waals surface area contributed by atoms with Gasteiger partial charge < -0.3 is 25.1 Å². The lowest BCUT2D eigenvalue weighted by Crippen LogP contribution is -2.36. The van der Waals surface area contributed by atoms with Gasteiger partial charge in [0.15, 0.2) is 11.5 Å². The molecule has 0 aliphatic carbocycles. The number of ether oxygens (including phenoxy) is 2. The van der Waals surface area contributed by atoms with Crippen LogP contribution in [0.15, 0.2) is 48.7 Å². The highest BCUT2D eigenvalue weighted by Crippen LogP contribution is 2.32. The minimum absolute atomic E-state index is 0.183. The van der Waals surface area contributed by atoms with Crippen LogP contribution in [0.4, 0.5) is 4.79 Å². The second kappa shape index (κ2) is 6.76. The van der Waals surface area contributed by atoms with Gasteiger partial charge in [-0.15, -0.1) is 0 Å². The highest BCUT2D eigenvalue weighted by Gasteiger charge is 2.13. The molecule has 1 aliphatic rings. The number of hydrogen-bond acceptors (Lipinski definition) is 3. The summed E-state index contributed by atoms with van der Waals surface area (Å²) in [6.07, 6.45) is 2.78. The fraction of sp³-hybridized carbons (Fsp3) is 0.211. The Labute approximate surface area is 145 Å². The Morgan fingerprint density at radius 1 is 1.08 bits per heavy atom. The van der Waals surface area contributed by atoms with Crippen LogP contribution < -0.4 is 20.1 Å². The minimum atomic E-state index is -0.183. The number of benzene rings is 2. The summed E-state index contributed by atoms with van der Waals surface area (Å²) in [4.78, 5) is 15.2. The minimum Gasteiger partial charge on any atom is -0.454 e. The van der Waals surface area contributed by atoms with Gasteiger partial charge in [-0.2, -0.15) is 0 Å². The molecule has 3 N–H and O–H groups in total. The second-order valence-corrected chi connectivity index (χ2v) is 5.91. The predicted molar refractivity (Wildman–Crippen MR) is 94.8 cm³/mol. The fourth-order valence-corrected chi connectivity index (χ4v) is 2.94. The Hall–Kier alpha value is -3.15. The molecule has 2 aromatic carbocycles. The molecule has 25 heavy (non-hydrogen) atoms. The van der Waals surface area contributed by atoms with Crippen LogP contribution in [0, 0.1) is 0 Å². The highest BCUT2D eigenvalue weighted by atomic mass is 16.7. The van der Waals surface area contributed by atoms with Gasteiger partial charge in [-0.05, 0) is 35.7 Å². The summed E-state index contributed by atoms with van der Waals surface area (Å²) >= 11 is 0. The molecule has 4 rings (SSSR count). The summed E-state index contributed by atoms with van der Waals surface area (Å²) in [7, 11) is 0. The average Bonchev–Trinajstić information content (AvgIpc) is 3.26. The standard InChI is InChI=1S/C19H19N3O3/c23-19(22-10-13-5-6-17-18(9-13)25-12-24-17)20-8-7-14-11-21-16-4-2-1-3-15(14)16/h1-6,9,11,21H,7-8,10,12H2,(H2,20,22,23). The predicted octanol–water partition coefficient (Wildman–Crippen LogP) is 2.94. The van der Waals surface area contributed by atoms with Crippen molar-refractivity contribution in [3.05, 3.63) is 59.8 Å². The van der Waals surface area contributed by atoms with E-state index in [9.17, 15) is 4.79 Å². The van der Waals surface area contributed by atoms with Gasteiger partial charge in [0.2, 0.25) is 6.79 Å². The number of para-hydroxylation sites is 1. The van der Waals surface area contributed by atoms with E-state index in [0.717, 1.165) is 29.0 Å². The van der Waals surface area contributed by atoms with Crippen LogP contribution in [0.3, 0.4) is 0 Å². The molecule has 0 atom stereocenters. The zero-order valence-electron chi connectivity index (χ0n) is 13.7. The van der Waals surface area contributed by atoms with E-state index in [0.29, 0.717) is 13.1 Å². The molecule has 2 heterocycles. The van der Waals surface area contributed by atoms with Gasteiger partial charge in [-0.25, -0.2) is 4.79 Å². The number of aromatic nitrogens is 1. The Morgan fingerprint density at radius 3 is 2.92 bits per heavy atom. The largest absolute Gasteiger partial charge is 0.454 e. The number of aromatic amines is 1. The first-order valence-corrected chi connectivity index (χ1v) is 8.25. The van der Waals surface area contributed by atoms with E-state index >= 15 is 0 Å². The van der Waals surface area contributed by atoms with Crippen molar-refractivity contribution in [1.29, 1.82) is 0 Å². The number of fused-ring (bicyclic) bond motifs is 2. The Kier molecular flexibility index (Phi) is 4.16. The molecule has 0 radical (unpaired) electrons. The van der Waals surface area contributed by atoms with Gasteiger partial charge in [-0.3, -0.25) is 0 Å². The lowest BCUT2D eigenvalue weighted by molar-refractivity contribution is 0.174. The number of rotatable bonds is 5. The Morgan fingerprint density at radius 2 is 1.96 bits per heavy atom. The lowest BCUT2D eigenvalue weighted by atomic mass is 10.1. The molecule has 6 nitrogen and oxygen atoms in total. The molecule has 0 bridgehead atoms. The smallest absolute Gasteiger partial charge is 0.315 e. The quantitative estimate of drug-likeness (QED) is 0.670. The molecule has 128 valence electrons. The normalized spacial score (nSPS) is 12.3. The summed E-state index contributed by atoms with van der Waals surface area (Å²) in [6.45, 7) is 1.27. The van der Waals surface area contributed by atoms with Gasteiger partial charge in [0, 0.05) is 30.2 Å². The average molecular weight is 337 g/mol. The maximum Gasteiger partial charge on any atom is 0.315 e. The summed E-state index contributed by atoms with van der Waals surface area (Å²) in [5.41, 5.74) is 3.28. The number of carbonyl (C=O) groups is 1. The van der Waals surface area contributed by atoms with Crippen LogP contribution in [0.5, 0.6) is 11.5 Å². The number of hydrogen-bond donors (Lipinski definition) is 3. The van der Waals surface area contributed by atoms with Crippen molar-refractivity contribution in [3.63, 3.8) is 0 Å². The third-order valence-corrected chi connectivity index (χ3v) is 4.24. The van der Waals surface area contributed by atoms with E-state index in [4.69, 9.17) is 9.47 Å². The molecule has 1 aromatic heterocycles. The van der Waals surface area contributed by atoms with Gasteiger partial charge in [0.25, 0.3) is 0 Å². The van der Waals surface area contributed by atoms with Gasteiger partial charge in [-0.1, -0.05) is 24.3 Å². The van der Waals surface area contributed by atoms with E-state index < -0.39 is 0 Å². The van der Waals surface area contributed by atoms with Crippen LogP contribution >= 0.6 is 0 Å². The molecule has 0 saturated carbocycles. The number of nitrogens with one attached hydrogen (secondary N) is 3. The molecule has 6 heteroatoms. The van der Waals surface area contributed by atoms with Crippen LogP contribution in [0.2, 0.25) is 0 Å². The molecule has 1 aliphatic heterocycles. The maximum atomic E-state index is 12.0. The molecule has 0 saturated heterocycles. The third kappa shape index (κ3) is 3.38.